The molecule has 0 aliphatic heterocycles. The minimum absolute atomic E-state index is 0.00662. The Morgan fingerprint density at radius 1 is 1.67 bits per heavy atom. The van der Waals surface area contributed by atoms with Gasteiger partial charge in [-0.1, -0.05) is 0 Å². The lowest BCUT2D eigenvalue weighted by molar-refractivity contribution is 0.149. The molecule has 15 heavy (non-hydrogen) atoms. The number of pyridine rings is 1. The highest BCUT2D eigenvalue weighted by atomic mass is 19.3. The summed E-state index contributed by atoms with van der Waals surface area (Å²) in [6.45, 7) is 0. The van der Waals surface area contributed by atoms with Gasteiger partial charge in [-0.3, -0.25) is 0 Å². The highest BCUT2D eigenvalue weighted by Crippen LogP contribution is 2.32. The molecule has 4 nitrogen and oxygen atoms in total. The van der Waals surface area contributed by atoms with Crippen molar-refractivity contribution in [2.75, 3.05) is 12.8 Å². The molecule has 6 heteroatoms. The normalized spacial score (nSPS) is 10.1. The Bertz CT molecular complexity index is 401. The number of hydrogen-bond donors (Lipinski definition) is 1. The van der Waals surface area contributed by atoms with Gasteiger partial charge in [-0.15, -0.1) is 0 Å². The van der Waals surface area contributed by atoms with Crippen LogP contribution in [0.1, 0.15) is 17.6 Å². The van der Waals surface area contributed by atoms with Crippen molar-refractivity contribution in [1.82, 2.24) is 4.98 Å². The van der Waals surface area contributed by atoms with E-state index < -0.39 is 6.43 Å². The van der Waals surface area contributed by atoms with E-state index in [0.29, 0.717) is 0 Å². The Labute approximate surface area is 85.3 Å². The molecular weight excluding hydrogens is 204 g/mol. The number of alkyl halides is 2. The van der Waals surface area contributed by atoms with Crippen molar-refractivity contribution in [3.63, 3.8) is 0 Å². The molecule has 1 aromatic rings. The molecule has 0 aromatic carbocycles. The van der Waals surface area contributed by atoms with E-state index in [9.17, 15) is 8.78 Å². The number of anilines is 1. The van der Waals surface area contributed by atoms with Crippen LogP contribution in [0.4, 0.5) is 14.6 Å². The number of nitriles is 1. The van der Waals surface area contributed by atoms with Gasteiger partial charge >= 0.3 is 0 Å². The predicted octanol–water partition coefficient (Wildman–Crippen LogP) is 1.68. The van der Waals surface area contributed by atoms with Gasteiger partial charge in [0.05, 0.1) is 19.6 Å². The standard InChI is InChI=1S/C9H9F2N3O/c1-15-7-5(2-3-12)6(8(10)11)4-14-9(7)13/h4,8H,2H2,1H3,(H2,13,14). The first-order chi connectivity index (χ1) is 7.11. The fraction of sp³-hybridized carbons (Fsp3) is 0.333. The summed E-state index contributed by atoms with van der Waals surface area (Å²) in [5, 5.41) is 8.53. The zero-order valence-corrected chi connectivity index (χ0v) is 8.00. The third-order valence-corrected chi connectivity index (χ3v) is 1.89. The van der Waals surface area contributed by atoms with Crippen molar-refractivity contribution in [2.45, 2.75) is 12.8 Å². The van der Waals surface area contributed by atoms with E-state index in [0.717, 1.165) is 6.20 Å². The van der Waals surface area contributed by atoms with Crippen LogP contribution >= 0.6 is 0 Å². The number of nitrogen functional groups attached to an aromatic ring is 1. The van der Waals surface area contributed by atoms with Crippen LogP contribution in [0.5, 0.6) is 5.75 Å². The van der Waals surface area contributed by atoms with E-state index in [1.54, 1.807) is 6.07 Å². The van der Waals surface area contributed by atoms with E-state index in [1.807, 2.05) is 0 Å². The van der Waals surface area contributed by atoms with Crippen LogP contribution in [0.25, 0.3) is 0 Å². The van der Waals surface area contributed by atoms with Crippen LogP contribution in [0.3, 0.4) is 0 Å². The smallest absolute Gasteiger partial charge is 0.265 e. The summed E-state index contributed by atoms with van der Waals surface area (Å²) >= 11 is 0. The van der Waals surface area contributed by atoms with Crippen molar-refractivity contribution in [3.8, 4) is 11.8 Å². The second kappa shape index (κ2) is 4.55. The lowest BCUT2D eigenvalue weighted by Gasteiger charge is -2.12. The maximum Gasteiger partial charge on any atom is 0.265 e. The molecule has 0 atom stereocenters. The van der Waals surface area contributed by atoms with E-state index in [1.165, 1.54) is 7.11 Å². The van der Waals surface area contributed by atoms with E-state index in [4.69, 9.17) is 15.7 Å². The molecule has 0 radical (unpaired) electrons. The van der Waals surface area contributed by atoms with Gasteiger partial charge in [-0.05, 0) is 0 Å². The second-order valence-corrected chi connectivity index (χ2v) is 2.75. The second-order valence-electron chi connectivity index (χ2n) is 2.75. The van der Waals surface area contributed by atoms with Gasteiger partial charge in [0, 0.05) is 17.3 Å². The molecule has 2 N–H and O–H groups in total. The number of nitrogens with two attached hydrogens (primary N) is 1. The molecule has 0 unspecified atom stereocenters. The van der Waals surface area contributed by atoms with E-state index in [-0.39, 0.29) is 29.1 Å². The van der Waals surface area contributed by atoms with Gasteiger partial charge in [0.2, 0.25) is 0 Å². The van der Waals surface area contributed by atoms with E-state index in [2.05, 4.69) is 4.98 Å². The maximum atomic E-state index is 12.6. The summed E-state index contributed by atoms with van der Waals surface area (Å²) in [6, 6.07) is 1.78. The van der Waals surface area contributed by atoms with Crippen LogP contribution in [-0.2, 0) is 6.42 Å². The van der Waals surface area contributed by atoms with Crippen molar-refractivity contribution in [1.29, 1.82) is 5.26 Å². The Kier molecular flexibility index (Phi) is 3.39. The average Bonchev–Trinajstić information content (AvgIpc) is 2.18. The molecule has 0 fully saturated rings. The molecule has 0 amide bonds. The lowest BCUT2D eigenvalue weighted by Crippen LogP contribution is -2.04. The number of methoxy groups -OCH3 is 1. The predicted molar refractivity (Wildman–Crippen MR) is 49.5 cm³/mol. The summed E-state index contributed by atoms with van der Waals surface area (Å²) in [7, 11) is 1.30. The quantitative estimate of drug-likeness (QED) is 0.828. The minimum Gasteiger partial charge on any atom is -0.493 e. The summed E-state index contributed by atoms with van der Waals surface area (Å²) in [5.41, 5.74) is 5.22. The number of halogens is 2. The van der Waals surface area contributed by atoms with Crippen LogP contribution in [0.2, 0.25) is 0 Å². The van der Waals surface area contributed by atoms with Crippen molar-refractivity contribution >= 4 is 5.82 Å². The van der Waals surface area contributed by atoms with Gasteiger partial charge in [-0.25, -0.2) is 13.8 Å². The number of ether oxygens (including phenoxy) is 1. The SMILES string of the molecule is COc1c(N)ncc(C(F)F)c1CC#N. The van der Waals surface area contributed by atoms with Crippen LogP contribution in [0.15, 0.2) is 6.20 Å². The molecule has 1 heterocycles. The van der Waals surface area contributed by atoms with Crippen LogP contribution in [-0.4, -0.2) is 12.1 Å². The van der Waals surface area contributed by atoms with Crippen LogP contribution < -0.4 is 10.5 Å². The largest absolute Gasteiger partial charge is 0.493 e. The summed E-state index contributed by atoms with van der Waals surface area (Å²) in [4.78, 5) is 3.58. The summed E-state index contributed by atoms with van der Waals surface area (Å²) < 4.78 is 30.0. The number of aromatic nitrogens is 1. The molecule has 1 aromatic heterocycles. The third kappa shape index (κ3) is 2.13. The molecule has 0 saturated heterocycles. The molecule has 1 rings (SSSR count). The molecule has 0 bridgehead atoms. The van der Waals surface area contributed by atoms with Crippen molar-refractivity contribution in [2.24, 2.45) is 0 Å². The zero-order valence-electron chi connectivity index (χ0n) is 8.00. The Balaban J connectivity index is 3.36. The number of hydrogen-bond acceptors (Lipinski definition) is 4. The fourth-order valence-corrected chi connectivity index (χ4v) is 1.24. The molecule has 0 aliphatic rings. The Morgan fingerprint density at radius 2 is 2.33 bits per heavy atom. The average molecular weight is 213 g/mol. The molecule has 0 aliphatic carbocycles. The van der Waals surface area contributed by atoms with E-state index >= 15 is 0 Å². The number of nitrogens with zero attached hydrogens (tertiary/aromatic N) is 2. The molecule has 0 saturated carbocycles. The monoisotopic (exact) mass is 213 g/mol. The first kappa shape index (κ1) is 11.2. The lowest BCUT2D eigenvalue weighted by atomic mass is 10.1. The van der Waals surface area contributed by atoms with Gasteiger partial charge in [0.15, 0.2) is 11.6 Å². The third-order valence-electron chi connectivity index (χ3n) is 1.89. The Morgan fingerprint density at radius 3 is 2.80 bits per heavy atom. The fourth-order valence-electron chi connectivity index (χ4n) is 1.24. The maximum absolute atomic E-state index is 12.6. The minimum atomic E-state index is -2.70. The summed E-state index contributed by atoms with van der Waals surface area (Å²) in [6.07, 6.45) is -1.92. The number of rotatable bonds is 3. The Hall–Kier alpha value is -1.90. The highest BCUT2D eigenvalue weighted by molar-refractivity contribution is 5.55. The zero-order chi connectivity index (χ0) is 11.4. The van der Waals surface area contributed by atoms with Crippen molar-refractivity contribution in [3.05, 3.63) is 17.3 Å². The topological polar surface area (TPSA) is 71.9 Å². The van der Waals surface area contributed by atoms with Crippen LogP contribution in [0, 0.1) is 11.3 Å². The molecule has 0 spiro atoms. The molecule has 80 valence electrons. The highest BCUT2D eigenvalue weighted by Gasteiger charge is 2.19. The van der Waals surface area contributed by atoms with Gasteiger partial charge < -0.3 is 10.5 Å². The molecular formula is C9H9F2N3O. The van der Waals surface area contributed by atoms with Gasteiger partial charge in [0.25, 0.3) is 6.43 Å². The first-order valence-electron chi connectivity index (χ1n) is 4.08. The van der Waals surface area contributed by atoms with Crippen molar-refractivity contribution < 1.29 is 13.5 Å². The first-order valence-corrected chi connectivity index (χ1v) is 4.08. The van der Waals surface area contributed by atoms with Gasteiger partial charge in [-0.2, -0.15) is 5.26 Å². The van der Waals surface area contributed by atoms with Gasteiger partial charge in [0.1, 0.15) is 0 Å². The summed E-state index contributed by atoms with van der Waals surface area (Å²) in [5.74, 6) is 0.0569.